The molecule has 1 rings (SSSR count). The molecule has 0 radical (unpaired) electrons. The molecule has 0 amide bonds. The minimum Gasteiger partial charge on any atom is -0.294 e. The molecule has 0 N–H and O–H groups in total. The summed E-state index contributed by atoms with van der Waals surface area (Å²) in [7, 11) is 0. The quantitative estimate of drug-likeness (QED) is 0.523. The highest BCUT2D eigenvalue weighted by Gasteiger charge is 2.04. The Morgan fingerprint density at radius 2 is 1.86 bits per heavy atom. The van der Waals surface area contributed by atoms with Crippen LogP contribution in [0.2, 0.25) is 0 Å². The third-order valence-electron chi connectivity index (χ3n) is 1.92. The lowest BCUT2D eigenvalue weighted by molar-refractivity contribution is -0.111. The summed E-state index contributed by atoms with van der Waals surface area (Å²) in [5.74, 6) is 0.0919. The second kappa shape index (κ2) is 5.18. The summed E-state index contributed by atoms with van der Waals surface area (Å²) < 4.78 is 0. The van der Waals surface area contributed by atoms with Gasteiger partial charge in [-0.15, -0.1) is 0 Å². The minimum absolute atomic E-state index is 0.0919. The molecule has 14 heavy (non-hydrogen) atoms. The molecular formula is C13H14O. The molecule has 0 aliphatic heterocycles. The summed E-state index contributed by atoms with van der Waals surface area (Å²) in [6, 6.07) is 9.69. The van der Waals surface area contributed by atoms with E-state index >= 15 is 0 Å². The van der Waals surface area contributed by atoms with Crippen LogP contribution >= 0.6 is 0 Å². The van der Waals surface area contributed by atoms with Crippen molar-refractivity contribution in [2.45, 2.75) is 13.8 Å². The zero-order chi connectivity index (χ0) is 10.4. The van der Waals surface area contributed by atoms with Gasteiger partial charge in [-0.3, -0.25) is 4.79 Å². The number of allylic oxidation sites excluding steroid dienone is 4. The summed E-state index contributed by atoms with van der Waals surface area (Å²) in [6.45, 7) is 3.52. The standard InChI is InChI=1S/C13H14O/c1-3-4-10-13(11(2)14)12-8-6-5-7-9-12/h3-10H,1-2H3/b4-3-,13-10+. The highest BCUT2D eigenvalue weighted by atomic mass is 16.1. The van der Waals surface area contributed by atoms with Crippen molar-refractivity contribution in [2.75, 3.05) is 0 Å². The van der Waals surface area contributed by atoms with Crippen molar-refractivity contribution >= 4 is 11.4 Å². The summed E-state index contributed by atoms with van der Waals surface area (Å²) in [4.78, 5) is 11.3. The first kappa shape index (κ1) is 10.5. The van der Waals surface area contributed by atoms with Gasteiger partial charge in [0.05, 0.1) is 0 Å². The monoisotopic (exact) mass is 186 g/mol. The molecule has 0 saturated carbocycles. The fraction of sp³-hybridized carbons (Fsp3) is 0.154. The smallest absolute Gasteiger partial charge is 0.160 e. The molecule has 1 heteroatoms. The molecule has 0 spiro atoms. The third-order valence-corrected chi connectivity index (χ3v) is 1.92. The molecule has 1 aromatic carbocycles. The van der Waals surface area contributed by atoms with Gasteiger partial charge >= 0.3 is 0 Å². The lowest BCUT2D eigenvalue weighted by Crippen LogP contribution is -1.94. The number of ketones is 1. The number of carbonyl (C=O) groups excluding carboxylic acids is 1. The van der Waals surface area contributed by atoms with Crippen LogP contribution in [0.3, 0.4) is 0 Å². The van der Waals surface area contributed by atoms with Crippen LogP contribution < -0.4 is 0 Å². The lowest BCUT2D eigenvalue weighted by atomic mass is 10.0. The van der Waals surface area contributed by atoms with Gasteiger partial charge in [-0.05, 0) is 19.4 Å². The van der Waals surface area contributed by atoms with E-state index in [1.165, 1.54) is 0 Å². The van der Waals surface area contributed by atoms with Crippen molar-refractivity contribution < 1.29 is 4.79 Å². The third kappa shape index (κ3) is 2.70. The number of carbonyl (C=O) groups is 1. The Morgan fingerprint density at radius 3 is 2.36 bits per heavy atom. The van der Waals surface area contributed by atoms with Crippen LogP contribution in [-0.4, -0.2) is 5.78 Å². The molecule has 1 nitrogen and oxygen atoms in total. The van der Waals surface area contributed by atoms with E-state index in [-0.39, 0.29) is 5.78 Å². The SMILES string of the molecule is C/C=C\C=C(/C(C)=O)c1ccccc1. The second-order valence-electron chi connectivity index (χ2n) is 3.03. The predicted molar refractivity (Wildman–Crippen MR) is 59.9 cm³/mol. The number of hydrogen-bond donors (Lipinski definition) is 0. The predicted octanol–water partition coefficient (Wildman–Crippen LogP) is 3.24. The molecule has 0 bridgehead atoms. The van der Waals surface area contributed by atoms with Crippen molar-refractivity contribution in [3.63, 3.8) is 0 Å². The van der Waals surface area contributed by atoms with Gasteiger partial charge in [0.1, 0.15) is 0 Å². The Hall–Kier alpha value is -1.63. The first-order chi connectivity index (χ1) is 6.75. The summed E-state index contributed by atoms with van der Waals surface area (Å²) >= 11 is 0. The van der Waals surface area contributed by atoms with Gasteiger partial charge in [-0.2, -0.15) is 0 Å². The summed E-state index contributed by atoms with van der Waals surface area (Å²) in [6.07, 6.45) is 5.63. The van der Waals surface area contributed by atoms with Gasteiger partial charge in [0, 0.05) is 5.57 Å². The average Bonchev–Trinajstić information content (AvgIpc) is 2.19. The van der Waals surface area contributed by atoms with E-state index in [1.807, 2.05) is 55.5 Å². The highest BCUT2D eigenvalue weighted by molar-refractivity contribution is 6.19. The Morgan fingerprint density at radius 1 is 1.21 bits per heavy atom. The molecule has 0 saturated heterocycles. The molecule has 0 aliphatic rings. The molecule has 0 fully saturated rings. The maximum Gasteiger partial charge on any atom is 0.160 e. The lowest BCUT2D eigenvalue weighted by Gasteiger charge is -2.01. The molecule has 0 unspecified atom stereocenters. The Balaban J connectivity index is 3.07. The van der Waals surface area contributed by atoms with Gasteiger partial charge < -0.3 is 0 Å². The van der Waals surface area contributed by atoms with Crippen LogP contribution in [-0.2, 0) is 4.79 Å². The number of hydrogen-bond acceptors (Lipinski definition) is 1. The largest absolute Gasteiger partial charge is 0.294 e. The van der Waals surface area contributed by atoms with Gasteiger partial charge in [-0.1, -0.05) is 48.6 Å². The molecule has 1 aromatic rings. The van der Waals surface area contributed by atoms with Crippen LogP contribution in [0, 0.1) is 0 Å². The molecule has 0 aliphatic carbocycles. The fourth-order valence-corrected chi connectivity index (χ4v) is 1.23. The Labute approximate surface area is 84.8 Å². The minimum atomic E-state index is 0.0919. The average molecular weight is 186 g/mol. The van der Waals surface area contributed by atoms with Gasteiger partial charge in [0.2, 0.25) is 0 Å². The maximum atomic E-state index is 11.3. The van der Waals surface area contributed by atoms with E-state index in [0.717, 1.165) is 11.1 Å². The fourth-order valence-electron chi connectivity index (χ4n) is 1.23. The Bertz CT molecular complexity index is 358. The molecule has 0 atom stereocenters. The van der Waals surface area contributed by atoms with E-state index in [4.69, 9.17) is 0 Å². The van der Waals surface area contributed by atoms with Crippen molar-refractivity contribution in [3.05, 3.63) is 54.1 Å². The van der Waals surface area contributed by atoms with Gasteiger partial charge in [0.15, 0.2) is 5.78 Å². The molecule has 0 aromatic heterocycles. The molecule has 72 valence electrons. The van der Waals surface area contributed by atoms with E-state index in [0.29, 0.717) is 0 Å². The van der Waals surface area contributed by atoms with Crippen LogP contribution in [0.25, 0.3) is 5.57 Å². The van der Waals surface area contributed by atoms with Crippen LogP contribution in [0.5, 0.6) is 0 Å². The van der Waals surface area contributed by atoms with E-state index in [2.05, 4.69) is 0 Å². The number of Topliss-reactive ketones (excluding diaryl/α,β-unsaturated/α-hetero) is 1. The second-order valence-corrected chi connectivity index (χ2v) is 3.03. The topological polar surface area (TPSA) is 17.1 Å². The maximum absolute atomic E-state index is 11.3. The summed E-state index contributed by atoms with van der Waals surface area (Å²) in [5.41, 5.74) is 1.72. The van der Waals surface area contributed by atoms with Crippen LogP contribution in [0.1, 0.15) is 19.4 Å². The first-order valence-corrected chi connectivity index (χ1v) is 4.65. The van der Waals surface area contributed by atoms with E-state index < -0.39 is 0 Å². The zero-order valence-corrected chi connectivity index (χ0v) is 8.53. The van der Waals surface area contributed by atoms with Gasteiger partial charge in [-0.25, -0.2) is 0 Å². The van der Waals surface area contributed by atoms with Crippen molar-refractivity contribution in [1.82, 2.24) is 0 Å². The zero-order valence-electron chi connectivity index (χ0n) is 8.53. The van der Waals surface area contributed by atoms with E-state index in [9.17, 15) is 4.79 Å². The first-order valence-electron chi connectivity index (χ1n) is 4.65. The molecular weight excluding hydrogens is 172 g/mol. The highest BCUT2D eigenvalue weighted by Crippen LogP contribution is 2.14. The number of rotatable bonds is 3. The Kier molecular flexibility index (Phi) is 3.86. The van der Waals surface area contributed by atoms with Crippen molar-refractivity contribution in [1.29, 1.82) is 0 Å². The molecule has 0 heterocycles. The van der Waals surface area contributed by atoms with Crippen molar-refractivity contribution in [2.24, 2.45) is 0 Å². The van der Waals surface area contributed by atoms with E-state index in [1.54, 1.807) is 6.92 Å². The normalized spacial score (nSPS) is 12.0. The summed E-state index contributed by atoms with van der Waals surface area (Å²) in [5, 5.41) is 0. The van der Waals surface area contributed by atoms with Gasteiger partial charge in [0.25, 0.3) is 0 Å². The van der Waals surface area contributed by atoms with Crippen LogP contribution in [0.15, 0.2) is 48.6 Å². The number of benzene rings is 1. The van der Waals surface area contributed by atoms with Crippen LogP contribution in [0.4, 0.5) is 0 Å². The van der Waals surface area contributed by atoms with Crippen molar-refractivity contribution in [3.8, 4) is 0 Å².